The molecule has 0 bridgehead atoms. The van der Waals surface area contributed by atoms with Gasteiger partial charge in [-0.2, -0.15) is 5.10 Å². The van der Waals surface area contributed by atoms with E-state index in [1.807, 2.05) is 51.4 Å². The highest BCUT2D eigenvalue weighted by molar-refractivity contribution is 6.04. The van der Waals surface area contributed by atoms with Gasteiger partial charge in [0.25, 0.3) is 5.91 Å². The molecule has 3 aromatic rings. The number of halogens is 1. The zero-order chi connectivity index (χ0) is 18.7. The van der Waals surface area contributed by atoms with Gasteiger partial charge in [0.1, 0.15) is 11.6 Å². The van der Waals surface area contributed by atoms with E-state index in [1.54, 1.807) is 21.7 Å². The molecule has 0 saturated carbocycles. The van der Waals surface area contributed by atoms with Crippen LogP contribution in [0.15, 0.2) is 54.6 Å². The molecule has 0 aliphatic carbocycles. The zero-order valence-corrected chi connectivity index (χ0v) is 15.0. The number of nitrogens with zero attached hydrogens (tertiary/aromatic N) is 3. The fourth-order valence-electron chi connectivity index (χ4n) is 2.67. The molecule has 1 aromatic heterocycles. The van der Waals surface area contributed by atoms with Crippen LogP contribution in [0.1, 0.15) is 21.6 Å². The standard InChI is InChI=1S/C20H21FN4O/c1-14-11-19(25(23-14)13-15-7-5-4-6-8-15)22-20(26)17-10-9-16(24(2)3)12-18(17)21/h4-12H,13H2,1-3H3,(H,22,26). The molecule has 3 rings (SSSR count). The predicted octanol–water partition coefficient (Wildman–Crippen LogP) is 3.70. The Kier molecular flexibility index (Phi) is 5.02. The summed E-state index contributed by atoms with van der Waals surface area (Å²) in [4.78, 5) is 14.3. The predicted molar refractivity (Wildman–Crippen MR) is 101 cm³/mol. The molecular formula is C20H21FN4O. The SMILES string of the molecule is Cc1cc(NC(=O)c2ccc(N(C)C)cc2F)n(Cc2ccccc2)n1. The van der Waals surface area contributed by atoms with E-state index in [0.29, 0.717) is 18.1 Å². The monoisotopic (exact) mass is 352 g/mol. The van der Waals surface area contributed by atoms with Crippen LogP contribution < -0.4 is 10.2 Å². The van der Waals surface area contributed by atoms with Crippen molar-refractivity contribution in [1.82, 2.24) is 9.78 Å². The summed E-state index contributed by atoms with van der Waals surface area (Å²) in [5.41, 5.74) is 2.54. The highest BCUT2D eigenvalue weighted by atomic mass is 19.1. The lowest BCUT2D eigenvalue weighted by atomic mass is 10.1. The average Bonchev–Trinajstić information content (AvgIpc) is 2.94. The number of aryl methyl sites for hydroxylation is 1. The van der Waals surface area contributed by atoms with Crippen molar-refractivity contribution in [3.05, 3.63) is 77.2 Å². The van der Waals surface area contributed by atoms with Crippen LogP contribution in [0.4, 0.5) is 15.9 Å². The summed E-state index contributed by atoms with van der Waals surface area (Å²) in [7, 11) is 3.64. The van der Waals surface area contributed by atoms with Gasteiger partial charge < -0.3 is 10.2 Å². The fraction of sp³-hybridized carbons (Fsp3) is 0.200. The van der Waals surface area contributed by atoms with Crippen LogP contribution in [-0.4, -0.2) is 29.8 Å². The maximum atomic E-state index is 14.3. The highest BCUT2D eigenvalue weighted by Gasteiger charge is 2.16. The molecule has 0 aliphatic rings. The third-order valence-corrected chi connectivity index (χ3v) is 4.03. The van der Waals surface area contributed by atoms with Crippen molar-refractivity contribution in [2.24, 2.45) is 0 Å². The number of benzene rings is 2. The van der Waals surface area contributed by atoms with E-state index in [4.69, 9.17) is 0 Å². The molecule has 0 aliphatic heterocycles. The average molecular weight is 352 g/mol. The van der Waals surface area contributed by atoms with Crippen molar-refractivity contribution in [1.29, 1.82) is 0 Å². The van der Waals surface area contributed by atoms with E-state index in [9.17, 15) is 9.18 Å². The van der Waals surface area contributed by atoms with Gasteiger partial charge in [0, 0.05) is 25.8 Å². The molecule has 0 unspecified atom stereocenters. The molecule has 1 heterocycles. The summed E-state index contributed by atoms with van der Waals surface area (Å²) >= 11 is 0. The topological polar surface area (TPSA) is 50.2 Å². The van der Waals surface area contributed by atoms with Gasteiger partial charge in [0.15, 0.2) is 0 Å². The first-order chi connectivity index (χ1) is 12.4. The Balaban J connectivity index is 1.82. The number of aromatic nitrogens is 2. The summed E-state index contributed by atoms with van der Waals surface area (Å²) in [5, 5.41) is 7.18. The van der Waals surface area contributed by atoms with Crippen LogP contribution in [0, 0.1) is 12.7 Å². The van der Waals surface area contributed by atoms with Crippen LogP contribution in [0.25, 0.3) is 0 Å². The van der Waals surface area contributed by atoms with E-state index in [-0.39, 0.29) is 5.56 Å². The van der Waals surface area contributed by atoms with Gasteiger partial charge in [-0.15, -0.1) is 0 Å². The van der Waals surface area contributed by atoms with Crippen LogP contribution in [-0.2, 0) is 6.54 Å². The first-order valence-corrected chi connectivity index (χ1v) is 8.30. The van der Waals surface area contributed by atoms with Gasteiger partial charge >= 0.3 is 0 Å². The molecule has 134 valence electrons. The largest absolute Gasteiger partial charge is 0.378 e. The smallest absolute Gasteiger partial charge is 0.259 e. The number of hydrogen-bond donors (Lipinski definition) is 1. The van der Waals surface area contributed by atoms with Crippen molar-refractivity contribution in [3.63, 3.8) is 0 Å². The second kappa shape index (κ2) is 7.39. The molecule has 6 heteroatoms. The van der Waals surface area contributed by atoms with Crippen LogP contribution >= 0.6 is 0 Å². The van der Waals surface area contributed by atoms with E-state index >= 15 is 0 Å². The van der Waals surface area contributed by atoms with E-state index in [1.165, 1.54) is 12.1 Å². The molecule has 0 atom stereocenters. The first kappa shape index (κ1) is 17.7. The maximum Gasteiger partial charge on any atom is 0.259 e. The van der Waals surface area contributed by atoms with Crippen molar-refractivity contribution < 1.29 is 9.18 Å². The van der Waals surface area contributed by atoms with E-state index in [0.717, 1.165) is 11.3 Å². The van der Waals surface area contributed by atoms with Gasteiger partial charge in [-0.05, 0) is 30.7 Å². The third kappa shape index (κ3) is 3.91. The zero-order valence-electron chi connectivity index (χ0n) is 15.0. The second-order valence-electron chi connectivity index (χ2n) is 6.33. The number of carbonyl (C=O) groups excluding carboxylic acids is 1. The summed E-state index contributed by atoms with van der Waals surface area (Å²) in [6.45, 7) is 2.37. The van der Waals surface area contributed by atoms with Crippen LogP contribution in [0.2, 0.25) is 0 Å². The lowest BCUT2D eigenvalue weighted by molar-refractivity contribution is 0.102. The minimum absolute atomic E-state index is 0.000661. The Morgan fingerprint density at radius 2 is 1.88 bits per heavy atom. The summed E-state index contributed by atoms with van der Waals surface area (Å²) < 4.78 is 16.0. The lowest BCUT2D eigenvalue weighted by Gasteiger charge is -2.14. The molecule has 5 nitrogen and oxygen atoms in total. The van der Waals surface area contributed by atoms with Crippen molar-refractivity contribution in [3.8, 4) is 0 Å². The Morgan fingerprint density at radius 1 is 1.15 bits per heavy atom. The second-order valence-corrected chi connectivity index (χ2v) is 6.33. The lowest BCUT2D eigenvalue weighted by Crippen LogP contribution is -2.18. The third-order valence-electron chi connectivity index (χ3n) is 4.03. The molecule has 1 N–H and O–H groups in total. The molecular weight excluding hydrogens is 331 g/mol. The van der Waals surface area contributed by atoms with Gasteiger partial charge in [-0.1, -0.05) is 30.3 Å². The van der Waals surface area contributed by atoms with Gasteiger partial charge in [0.2, 0.25) is 0 Å². The van der Waals surface area contributed by atoms with Crippen LogP contribution in [0.3, 0.4) is 0 Å². The number of anilines is 2. The summed E-state index contributed by atoms with van der Waals surface area (Å²) in [6, 6.07) is 16.1. The minimum Gasteiger partial charge on any atom is -0.378 e. The van der Waals surface area contributed by atoms with E-state index < -0.39 is 11.7 Å². The number of rotatable bonds is 5. The minimum atomic E-state index is -0.556. The Bertz CT molecular complexity index is 919. The summed E-state index contributed by atoms with van der Waals surface area (Å²) in [6.07, 6.45) is 0. The molecule has 26 heavy (non-hydrogen) atoms. The van der Waals surface area contributed by atoms with Gasteiger partial charge in [-0.25, -0.2) is 9.07 Å². The van der Waals surface area contributed by atoms with Crippen LogP contribution in [0.5, 0.6) is 0 Å². The highest BCUT2D eigenvalue weighted by Crippen LogP contribution is 2.19. The van der Waals surface area contributed by atoms with Gasteiger partial charge in [-0.3, -0.25) is 4.79 Å². The molecule has 0 saturated heterocycles. The number of carbonyl (C=O) groups is 1. The fourth-order valence-corrected chi connectivity index (χ4v) is 2.67. The van der Waals surface area contributed by atoms with E-state index in [2.05, 4.69) is 10.4 Å². The van der Waals surface area contributed by atoms with Crippen molar-refractivity contribution >= 4 is 17.4 Å². The quantitative estimate of drug-likeness (QED) is 0.762. The maximum absolute atomic E-state index is 14.3. The number of hydrogen-bond acceptors (Lipinski definition) is 3. The molecule has 2 aromatic carbocycles. The number of amides is 1. The summed E-state index contributed by atoms with van der Waals surface area (Å²) in [5.74, 6) is -0.519. The van der Waals surface area contributed by atoms with Gasteiger partial charge in [0.05, 0.1) is 17.8 Å². The number of nitrogens with one attached hydrogen (secondary N) is 1. The Morgan fingerprint density at radius 3 is 2.54 bits per heavy atom. The molecule has 0 fully saturated rings. The Hall–Kier alpha value is -3.15. The first-order valence-electron chi connectivity index (χ1n) is 8.30. The molecule has 1 amide bonds. The molecule has 0 radical (unpaired) electrons. The normalized spacial score (nSPS) is 10.6. The van der Waals surface area contributed by atoms with Crippen molar-refractivity contribution in [2.45, 2.75) is 13.5 Å². The molecule has 0 spiro atoms. The van der Waals surface area contributed by atoms with Crippen molar-refractivity contribution in [2.75, 3.05) is 24.3 Å². The Labute approximate surface area is 152 Å².